The largest absolute Gasteiger partial charge is 0.392 e. The van der Waals surface area contributed by atoms with Crippen LogP contribution in [0.25, 0.3) is 0 Å². The van der Waals surface area contributed by atoms with Gasteiger partial charge in [0, 0.05) is 11.8 Å². The number of carbonyl (C=O) groups is 2. The zero-order valence-corrected chi connectivity index (χ0v) is 6.22. The fourth-order valence-corrected chi connectivity index (χ4v) is 0.339. The molecule has 0 radical (unpaired) electrons. The molecule has 0 aromatic heterocycles. The van der Waals surface area contributed by atoms with E-state index in [0.29, 0.717) is 0 Å². The van der Waals surface area contributed by atoms with Crippen molar-refractivity contribution in [3.8, 4) is 23.7 Å². The van der Waals surface area contributed by atoms with Gasteiger partial charge in [-0.2, -0.15) is 0 Å². The second-order valence-electron chi connectivity index (χ2n) is 1.43. The highest BCUT2D eigenvalue weighted by Crippen LogP contribution is 1.77. The van der Waals surface area contributed by atoms with Crippen LogP contribution < -0.4 is 0 Å². The maximum atomic E-state index is 10.4. The third kappa shape index (κ3) is 4.74. The molecule has 0 N–H and O–H groups in total. The molecular weight excluding hydrogens is 144 g/mol. The molecule has 0 aliphatic rings. The lowest BCUT2D eigenvalue weighted by Crippen LogP contribution is -2.07. The highest BCUT2D eigenvalue weighted by atomic mass is 16.6. The number of rotatable bonds is 0. The smallest absolute Gasteiger partial charge is 0.373 e. The summed E-state index contributed by atoms with van der Waals surface area (Å²) in [6, 6.07) is 0. The van der Waals surface area contributed by atoms with Gasteiger partial charge in [-0.25, -0.2) is 9.59 Å². The molecule has 3 heteroatoms. The van der Waals surface area contributed by atoms with Crippen molar-refractivity contribution in [3.63, 3.8) is 0 Å². The molecule has 0 saturated carbocycles. The first-order valence-electron chi connectivity index (χ1n) is 2.82. The van der Waals surface area contributed by atoms with Gasteiger partial charge >= 0.3 is 11.9 Å². The van der Waals surface area contributed by atoms with Crippen molar-refractivity contribution in [2.75, 3.05) is 0 Å². The average Bonchev–Trinajstić information content (AvgIpc) is 1.87. The van der Waals surface area contributed by atoms with E-state index in [4.69, 9.17) is 0 Å². The van der Waals surface area contributed by atoms with E-state index < -0.39 is 11.9 Å². The monoisotopic (exact) mass is 150 g/mol. The predicted molar refractivity (Wildman–Crippen MR) is 38.0 cm³/mol. The standard InChI is InChI=1S/C8H6O3/c1-3-5-7(9)11-8(10)6-4-2/h1-2H3. The van der Waals surface area contributed by atoms with Crippen LogP contribution in [-0.2, 0) is 14.3 Å². The van der Waals surface area contributed by atoms with Crippen molar-refractivity contribution < 1.29 is 14.3 Å². The van der Waals surface area contributed by atoms with Gasteiger partial charge in [-0.05, 0) is 13.8 Å². The molecule has 0 amide bonds. The maximum Gasteiger partial charge on any atom is 0.392 e. The maximum absolute atomic E-state index is 10.4. The fourth-order valence-electron chi connectivity index (χ4n) is 0.339. The summed E-state index contributed by atoms with van der Waals surface area (Å²) < 4.78 is 4.11. The molecule has 0 spiro atoms. The second kappa shape index (κ2) is 5.08. The lowest BCUT2D eigenvalue weighted by Gasteiger charge is -1.87. The van der Waals surface area contributed by atoms with Gasteiger partial charge in [0.15, 0.2) is 0 Å². The Bertz CT molecular complexity index is 250. The molecule has 56 valence electrons. The number of hydrogen-bond acceptors (Lipinski definition) is 3. The highest BCUT2D eigenvalue weighted by Gasteiger charge is 2.02. The third-order valence-electron chi connectivity index (χ3n) is 0.640. The average molecular weight is 150 g/mol. The molecule has 0 saturated heterocycles. The Morgan fingerprint density at radius 1 is 1.00 bits per heavy atom. The second-order valence-corrected chi connectivity index (χ2v) is 1.43. The Hall–Kier alpha value is -1.74. The van der Waals surface area contributed by atoms with Gasteiger partial charge in [0.2, 0.25) is 0 Å². The van der Waals surface area contributed by atoms with Crippen molar-refractivity contribution >= 4 is 11.9 Å². The van der Waals surface area contributed by atoms with Crippen molar-refractivity contribution in [1.82, 2.24) is 0 Å². The topological polar surface area (TPSA) is 43.4 Å². The summed E-state index contributed by atoms with van der Waals surface area (Å²) >= 11 is 0. The molecule has 0 unspecified atom stereocenters. The van der Waals surface area contributed by atoms with Gasteiger partial charge in [-0.15, -0.1) is 0 Å². The SMILES string of the molecule is CC#CC(=O)OC(=O)C#CC. The first-order valence-corrected chi connectivity index (χ1v) is 2.82. The number of hydrogen-bond donors (Lipinski definition) is 0. The van der Waals surface area contributed by atoms with Crippen LogP contribution in [0.5, 0.6) is 0 Å². The molecule has 0 atom stereocenters. The molecule has 0 heterocycles. The van der Waals surface area contributed by atoms with Crippen LogP contribution in [-0.4, -0.2) is 11.9 Å². The first-order chi connectivity index (χ1) is 5.20. The van der Waals surface area contributed by atoms with Crippen LogP contribution in [0.15, 0.2) is 0 Å². The highest BCUT2D eigenvalue weighted by molar-refractivity contribution is 6.01. The van der Waals surface area contributed by atoms with E-state index in [1.165, 1.54) is 13.8 Å². The van der Waals surface area contributed by atoms with Gasteiger partial charge in [0.25, 0.3) is 0 Å². The Morgan fingerprint density at radius 2 is 1.36 bits per heavy atom. The number of ether oxygens (including phenoxy) is 1. The summed E-state index contributed by atoms with van der Waals surface area (Å²) in [5.74, 6) is 6.90. The van der Waals surface area contributed by atoms with Crippen LogP contribution in [0, 0.1) is 23.7 Å². The molecule has 0 aromatic carbocycles. The van der Waals surface area contributed by atoms with E-state index in [1.54, 1.807) is 0 Å². The summed E-state index contributed by atoms with van der Waals surface area (Å²) in [6.45, 7) is 2.94. The van der Waals surface area contributed by atoms with Gasteiger partial charge in [-0.3, -0.25) is 0 Å². The lowest BCUT2D eigenvalue weighted by atomic mass is 10.6. The molecule has 0 rings (SSSR count). The number of esters is 2. The normalized spacial score (nSPS) is 6.36. The molecule has 0 fully saturated rings. The van der Waals surface area contributed by atoms with Crippen LogP contribution in [0.1, 0.15) is 13.8 Å². The molecular formula is C8H6O3. The quantitative estimate of drug-likeness (QED) is 0.213. The summed E-state index contributed by atoms with van der Waals surface area (Å²) in [7, 11) is 0. The van der Waals surface area contributed by atoms with Crippen LogP contribution in [0.4, 0.5) is 0 Å². The van der Waals surface area contributed by atoms with Crippen LogP contribution >= 0.6 is 0 Å². The minimum atomic E-state index is -0.875. The van der Waals surface area contributed by atoms with E-state index in [9.17, 15) is 9.59 Å². The Labute approximate surface area is 64.7 Å². The lowest BCUT2D eigenvalue weighted by molar-refractivity contribution is -0.151. The first kappa shape index (κ1) is 9.26. The Kier molecular flexibility index (Phi) is 4.27. The van der Waals surface area contributed by atoms with Crippen LogP contribution in [0.3, 0.4) is 0 Å². The zero-order chi connectivity index (χ0) is 8.69. The van der Waals surface area contributed by atoms with Crippen molar-refractivity contribution in [1.29, 1.82) is 0 Å². The minimum Gasteiger partial charge on any atom is -0.373 e. The third-order valence-corrected chi connectivity index (χ3v) is 0.640. The van der Waals surface area contributed by atoms with Crippen LogP contribution in [0.2, 0.25) is 0 Å². The number of carbonyl (C=O) groups excluding carboxylic acids is 2. The van der Waals surface area contributed by atoms with Gasteiger partial charge in [0.1, 0.15) is 0 Å². The van der Waals surface area contributed by atoms with Gasteiger partial charge in [-0.1, -0.05) is 11.8 Å². The zero-order valence-electron chi connectivity index (χ0n) is 6.22. The van der Waals surface area contributed by atoms with Gasteiger partial charge in [0.05, 0.1) is 0 Å². The van der Waals surface area contributed by atoms with E-state index in [2.05, 4.69) is 16.6 Å². The summed E-state index contributed by atoms with van der Waals surface area (Å²) in [5, 5.41) is 0. The van der Waals surface area contributed by atoms with Crippen molar-refractivity contribution in [2.45, 2.75) is 13.8 Å². The Balaban J connectivity index is 3.99. The summed E-state index contributed by atoms with van der Waals surface area (Å²) in [6.07, 6.45) is 0. The van der Waals surface area contributed by atoms with E-state index in [0.717, 1.165) is 0 Å². The van der Waals surface area contributed by atoms with Crippen molar-refractivity contribution in [3.05, 3.63) is 0 Å². The summed E-state index contributed by atoms with van der Waals surface area (Å²) in [5.41, 5.74) is 0. The molecule has 0 aliphatic heterocycles. The predicted octanol–water partition coefficient (Wildman–Crippen LogP) is 0.103. The molecule has 0 bridgehead atoms. The van der Waals surface area contributed by atoms with E-state index in [1.807, 2.05) is 11.8 Å². The molecule has 11 heavy (non-hydrogen) atoms. The van der Waals surface area contributed by atoms with Gasteiger partial charge < -0.3 is 4.74 Å². The fraction of sp³-hybridized carbons (Fsp3) is 0.250. The molecule has 0 aromatic rings. The summed E-state index contributed by atoms with van der Waals surface area (Å²) in [4.78, 5) is 20.9. The molecule has 3 nitrogen and oxygen atoms in total. The van der Waals surface area contributed by atoms with Crippen molar-refractivity contribution in [2.24, 2.45) is 0 Å². The van der Waals surface area contributed by atoms with E-state index in [-0.39, 0.29) is 0 Å². The van der Waals surface area contributed by atoms with E-state index >= 15 is 0 Å². The minimum absolute atomic E-state index is 0.875. The Morgan fingerprint density at radius 3 is 1.64 bits per heavy atom. The molecule has 0 aliphatic carbocycles.